The number of carbonyl (C=O) groups excluding carboxylic acids is 1. The minimum Gasteiger partial charge on any atom is -0.335 e. The lowest BCUT2D eigenvalue weighted by atomic mass is 9.94. The predicted molar refractivity (Wildman–Crippen MR) is 68.1 cm³/mol. The standard InChI is InChI=1S/C12H16N4O3/c17-10-4-8(14-12(19)15-10)11(18)16-5-7-2-1-3-13-9(7)6-16/h4,7,9,13H,1-3,5-6H2,(H2,14,15,17,19)/t7-,9+/m0/s1. The van der Waals surface area contributed by atoms with Crippen molar-refractivity contribution in [2.45, 2.75) is 18.9 Å². The van der Waals surface area contributed by atoms with Crippen LogP contribution < -0.4 is 16.6 Å². The van der Waals surface area contributed by atoms with E-state index in [1.165, 1.54) is 0 Å². The Hall–Kier alpha value is -1.89. The van der Waals surface area contributed by atoms with E-state index in [9.17, 15) is 14.4 Å². The summed E-state index contributed by atoms with van der Waals surface area (Å²) in [4.78, 5) is 40.8. The highest BCUT2D eigenvalue weighted by molar-refractivity contribution is 5.92. The van der Waals surface area contributed by atoms with Crippen molar-refractivity contribution in [3.05, 3.63) is 32.6 Å². The first-order chi connectivity index (χ1) is 9.13. The number of carbonyl (C=O) groups is 1. The molecule has 1 amide bonds. The molecule has 3 rings (SSSR count). The maximum absolute atomic E-state index is 12.3. The number of likely N-dealkylation sites (tertiary alicyclic amines) is 1. The van der Waals surface area contributed by atoms with Crippen LogP contribution in [0.5, 0.6) is 0 Å². The van der Waals surface area contributed by atoms with Crippen LogP contribution in [0.4, 0.5) is 0 Å². The van der Waals surface area contributed by atoms with Gasteiger partial charge in [-0.15, -0.1) is 0 Å². The SMILES string of the molecule is O=C(c1cc(=O)[nH]c(=O)[nH]1)N1C[C@@H]2CCCN[C@@H]2C1. The summed E-state index contributed by atoms with van der Waals surface area (Å²) < 4.78 is 0. The molecule has 102 valence electrons. The van der Waals surface area contributed by atoms with Gasteiger partial charge in [0, 0.05) is 25.2 Å². The van der Waals surface area contributed by atoms with Crippen molar-refractivity contribution in [1.29, 1.82) is 0 Å². The quantitative estimate of drug-likeness (QED) is 0.599. The Morgan fingerprint density at radius 3 is 2.84 bits per heavy atom. The fourth-order valence-corrected chi connectivity index (χ4v) is 2.97. The highest BCUT2D eigenvalue weighted by Crippen LogP contribution is 2.25. The molecule has 0 aliphatic carbocycles. The third-order valence-electron chi connectivity index (χ3n) is 3.88. The van der Waals surface area contributed by atoms with E-state index in [0.717, 1.165) is 25.5 Å². The van der Waals surface area contributed by atoms with Gasteiger partial charge in [0.2, 0.25) is 0 Å². The van der Waals surface area contributed by atoms with Crippen LogP contribution in [0.3, 0.4) is 0 Å². The van der Waals surface area contributed by atoms with E-state index < -0.39 is 11.2 Å². The van der Waals surface area contributed by atoms with Gasteiger partial charge in [0.05, 0.1) is 0 Å². The second kappa shape index (κ2) is 4.65. The van der Waals surface area contributed by atoms with E-state index in [1.54, 1.807) is 4.90 Å². The van der Waals surface area contributed by atoms with E-state index in [1.807, 2.05) is 0 Å². The first-order valence-corrected chi connectivity index (χ1v) is 6.50. The summed E-state index contributed by atoms with van der Waals surface area (Å²) in [7, 11) is 0. The fraction of sp³-hybridized carbons (Fsp3) is 0.583. The normalized spacial score (nSPS) is 26.2. The molecule has 3 N–H and O–H groups in total. The number of H-pyrrole nitrogens is 2. The summed E-state index contributed by atoms with van der Waals surface area (Å²) in [6, 6.07) is 1.48. The lowest BCUT2D eigenvalue weighted by Crippen LogP contribution is -2.41. The third kappa shape index (κ3) is 2.33. The molecule has 0 bridgehead atoms. The monoisotopic (exact) mass is 264 g/mol. The Morgan fingerprint density at radius 2 is 2.11 bits per heavy atom. The fourth-order valence-electron chi connectivity index (χ4n) is 2.97. The maximum atomic E-state index is 12.3. The number of aromatic amines is 2. The number of piperidine rings is 1. The summed E-state index contributed by atoms with van der Waals surface area (Å²) in [5.41, 5.74) is -1.14. The van der Waals surface area contributed by atoms with Crippen LogP contribution in [0, 0.1) is 5.92 Å². The molecule has 7 nitrogen and oxygen atoms in total. The summed E-state index contributed by atoms with van der Waals surface area (Å²) in [5, 5.41) is 3.41. The minimum atomic E-state index is -0.648. The molecular formula is C12H16N4O3. The molecule has 1 aromatic rings. The topological polar surface area (TPSA) is 98.1 Å². The van der Waals surface area contributed by atoms with Gasteiger partial charge in [0.1, 0.15) is 5.69 Å². The average molecular weight is 264 g/mol. The molecule has 2 aliphatic rings. The molecule has 2 fully saturated rings. The predicted octanol–water partition coefficient (Wildman–Crippen LogP) is -1.11. The first-order valence-electron chi connectivity index (χ1n) is 6.50. The molecule has 2 saturated heterocycles. The zero-order valence-electron chi connectivity index (χ0n) is 10.4. The Balaban J connectivity index is 1.81. The summed E-state index contributed by atoms with van der Waals surface area (Å²) >= 11 is 0. The lowest BCUT2D eigenvalue weighted by molar-refractivity contribution is 0.0779. The number of nitrogens with one attached hydrogen (secondary N) is 3. The number of hydrogen-bond donors (Lipinski definition) is 3. The number of nitrogens with zero attached hydrogens (tertiary/aromatic N) is 1. The smallest absolute Gasteiger partial charge is 0.326 e. The van der Waals surface area contributed by atoms with Crippen molar-refractivity contribution in [2.24, 2.45) is 5.92 Å². The summed E-state index contributed by atoms with van der Waals surface area (Å²) in [5.74, 6) is 0.200. The highest BCUT2D eigenvalue weighted by Gasteiger charge is 2.36. The van der Waals surface area contributed by atoms with Crippen molar-refractivity contribution in [1.82, 2.24) is 20.2 Å². The second-order valence-electron chi connectivity index (χ2n) is 5.17. The molecule has 19 heavy (non-hydrogen) atoms. The van der Waals surface area contributed by atoms with E-state index in [0.29, 0.717) is 25.0 Å². The Labute approximate surface area is 109 Å². The average Bonchev–Trinajstić information content (AvgIpc) is 2.80. The lowest BCUT2D eigenvalue weighted by Gasteiger charge is -2.24. The summed E-state index contributed by atoms with van der Waals surface area (Å²) in [6.45, 7) is 2.31. The maximum Gasteiger partial charge on any atom is 0.326 e. The molecule has 2 atom stereocenters. The van der Waals surface area contributed by atoms with Gasteiger partial charge in [-0.05, 0) is 25.3 Å². The van der Waals surface area contributed by atoms with E-state index in [2.05, 4.69) is 15.3 Å². The third-order valence-corrected chi connectivity index (χ3v) is 3.88. The largest absolute Gasteiger partial charge is 0.335 e. The zero-order chi connectivity index (χ0) is 13.4. The van der Waals surface area contributed by atoms with E-state index in [4.69, 9.17) is 0 Å². The highest BCUT2D eigenvalue weighted by atomic mass is 16.2. The van der Waals surface area contributed by atoms with Crippen LogP contribution in [-0.4, -0.2) is 46.5 Å². The van der Waals surface area contributed by atoms with Crippen LogP contribution in [0.25, 0.3) is 0 Å². The zero-order valence-corrected chi connectivity index (χ0v) is 10.4. The van der Waals surface area contributed by atoms with Gasteiger partial charge in [-0.2, -0.15) is 0 Å². The van der Waals surface area contributed by atoms with Gasteiger partial charge in [-0.3, -0.25) is 14.6 Å². The molecule has 0 spiro atoms. The Kier molecular flexibility index (Phi) is 2.98. The minimum absolute atomic E-state index is 0.0624. The molecule has 0 radical (unpaired) electrons. The van der Waals surface area contributed by atoms with Crippen LogP contribution in [-0.2, 0) is 0 Å². The van der Waals surface area contributed by atoms with Crippen molar-refractivity contribution in [2.75, 3.05) is 19.6 Å². The molecule has 1 aromatic heterocycles. The van der Waals surface area contributed by atoms with Gasteiger partial charge >= 0.3 is 5.69 Å². The molecule has 0 saturated carbocycles. The Bertz CT molecular complexity index is 563. The van der Waals surface area contributed by atoms with Gasteiger partial charge in [-0.1, -0.05) is 0 Å². The van der Waals surface area contributed by atoms with Crippen molar-refractivity contribution >= 4 is 5.91 Å². The molecule has 2 aliphatic heterocycles. The van der Waals surface area contributed by atoms with Gasteiger partial charge < -0.3 is 15.2 Å². The second-order valence-corrected chi connectivity index (χ2v) is 5.17. The number of rotatable bonds is 1. The first kappa shape index (κ1) is 12.2. The van der Waals surface area contributed by atoms with Crippen molar-refractivity contribution in [3.63, 3.8) is 0 Å². The van der Waals surface area contributed by atoms with Crippen LogP contribution in [0.15, 0.2) is 15.7 Å². The molecule has 7 heteroatoms. The van der Waals surface area contributed by atoms with E-state index in [-0.39, 0.29) is 11.6 Å². The number of fused-ring (bicyclic) bond motifs is 1. The van der Waals surface area contributed by atoms with Gasteiger partial charge in [0.15, 0.2) is 0 Å². The van der Waals surface area contributed by atoms with E-state index >= 15 is 0 Å². The molecule has 0 aromatic carbocycles. The van der Waals surface area contributed by atoms with Crippen LogP contribution >= 0.6 is 0 Å². The number of hydrogen-bond acceptors (Lipinski definition) is 4. The van der Waals surface area contributed by atoms with Crippen molar-refractivity contribution < 1.29 is 4.79 Å². The van der Waals surface area contributed by atoms with Gasteiger partial charge in [0.25, 0.3) is 11.5 Å². The summed E-state index contributed by atoms with van der Waals surface area (Å²) in [6.07, 6.45) is 2.25. The van der Waals surface area contributed by atoms with Crippen LogP contribution in [0.1, 0.15) is 23.3 Å². The molecule has 3 heterocycles. The number of amides is 1. The van der Waals surface area contributed by atoms with Gasteiger partial charge in [-0.25, -0.2) is 4.79 Å². The van der Waals surface area contributed by atoms with Crippen LogP contribution in [0.2, 0.25) is 0 Å². The number of aromatic nitrogens is 2. The Morgan fingerprint density at radius 1 is 1.26 bits per heavy atom. The molecular weight excluding hydrogens is 248 g/mol. The molecule has 0 unspecified atom stereocenters. The van der Waals surface area contributed by atoms with Crippen molar-refractivity contribution in [3.8, 4) is 0 Å².